The second kappa shape index (κ2) is 9.10. The predicted molar refractivity (Wildman–Crippen MR) is 131 cm³/mol. The molecule has 3 aromatic carbocycles. The number of fused-ring (bicyclic) bond motifs is 1. The largest absolute Gasteiger partial charge is 0.368 e. The molecule has 4 aromatic rings. The second-order valence-corrected chi connectivity index (χ2v) is 8.75. The van der Waals surface area contributed by atoms with Gasteiger partial charge in [0, 0.05) is 61.3 Å². The lowest BCUT2D eigenvalue weighted by Gasteiger charge is -2.37. The van der Waals surface area contributed by atoms with Crippen molar-refractivity contribution in [2.75, 3.05) is 31.1 Å². The number of hydrogen-bond donors (Lipinski definition) is 1. The molecule has 1 aliphatic heterocycles. The summed E-state index contributed by atoms with van der Waals surface area (Å²) in [5.41, 5.74) is 5.57. The lowest BCUT2D eigenvalue weighted by Crippen LogP contribution is -2.49. The van der Waals surface area contributed by atoms with Crippen molar-refractivity contribution in [3.05, 3.63) is 102 Å². The minimum Gasteiger partial charge on any atom is -0.368 e. The van der Waals surface area contributed by atoms with Crippen LogP contribution >= 0.6 is 0 Å². The molecule has 0 spiro atoms. The Hall–Kier alpha value is -3.60. The van der Waals surface area contributed by atoms with E-state index in [4.69, 9.17) is 0 Å². The normalized spacial score (nSPS) is 15.1. The summed E-state index contributed by atoms with van der Waals surface area (Å²) in [5.74, 6) is -0.266. The zero-order chi connectivity index (χ0) is 22.8. The number of halogens is 1. The molecule has 0 aliphatic carbocycles. The Morgan fingerprint density at radius 2 is 1.64 bits per heavy atom. The van der Waals surface area contributed by atoms with Crippen LogP contribution in [0.25, 0.3) is 10.9 Å². The van der Waals surface area contributed by atoms with Gasteiger partial charge in [0.15, 0.2) is 0 Å². The van der Waals surface area contributed by atoms with E-state index in [9.17, 15) is 9.18 Å². The Balaban J connectivity index is 1.36. The van der Waals surface area contributed by atoms with Crippen LogP contribution in [-0.4, -0.2) is 42.0 Å². The van der Waals surface area contributed by atoms with Gasteiger partial charge in [0.05, 0.1) is 0 Å². The Morgan fingerprint density at radius 1 is 0.939 bits per heavy atom. The van der Waals surface area contributed by atoms with Gasteiger partial charge in [-0.05, 0) is 47.9 Å². The number of H-pyrrole nitrogens is 1. The number of para-hydroxylation sites is 2. The number of nitrogens with one attached hydrogen (secondary N) is 1. The van der Waals surface area contributed by atoms with Crippen molar-refractivity contribution in [2.24, 2.45) is 0 Å². The molecule has 168 valence electrons. The fraction of sp³-hybridized carbons (Fsp3) is 0.250. The number of piperazine rings is 1. The van der Waals surface area contributed by atoms with Crippen LogP contribution in [0.3, 0.4) is 0 Å². The second-order valence-electron chi connectivity index (χ2n) is 8.75. The molecule has 1 atom stereocenters. The minimum atomic E-state index is -0.268. The average molecular weight is 442 g/mol. The summed E-state index contributed by atoms with van der Waals surface area (Å²) < 4.78 is 13.6. The molecule has 5 heteroatoms. The first kappa shape index (κ1) is 21.3. The Kier molecular flexibility index (Phi) is 5.86. The minimum absolute atomic E-state index is 0.136. The maximum atomic E-state index is 13.6. The Labute approximate surface area is 193 Å². The molecule has 1 fully saturated rings. The molecular weight excluding hydrogens is 413 g/mol. The topological polar surface area (TPSA) is 39.3 Å². The highest BCUT2D eigenvalue weighted by atomic mass is 19.1. The Bertz CT molecular complexity index is 1260. The monoisotopic (exact) mass is 441 g/mol. The van der Waals surface area contributed by atoms with Gasteiger partial charge in [0.25, 0.3) is 0 Å². The van der Waals surface area contributed by atoms with Crippen LogP contribution in [0.4, 0.5) is 10.1 Å². The SMILES string of the molecule is Cc1ccccc1N1CCN(C(=O)C[C@H](c2ccc(F)cc2)c2c[nH]c3ccccc23)CC1. The van der Waals surface area contributed by atoms with Gasteiger partial charge in [-0.2, -0.15) is 0 Å². The molecule has 0 bridgehead atoms. The summed E-state index contributed by atoms with van der Waals surface area (Å²) in [7, 11) is 0. The zero-order valence-corrected chi connectivity index (χ0v) is 18.8. The summed E-state index contributed by atoms with van der Waals surface area (Å²) in [4.78, 5) is 21.1. The van der Waals surface area contributed by atoms with Crippen molar-refractivity contribution >= 4 is 22.5 Å². The highest BCUT2D eigenvalue weighted by Gasteiger charge is 2.27. The van der Waals surface area contributed by atoms with Gasteiger partial charge in [-0.25, -0.2) is 4.39 Å². The number of benzene rings is 3. The third-order valence-corrected chi connectivity index (χ3v) is 6.74. The number of carbonyl (C=O) groups excluding carboxylic acids is 1. The molecular formula is C28H28FN3O. The van der Waals surface area contributed by atoms with Crippen molar-refractivity contribution in [3.63, 3.8) is 0 Å². The van der Waals surface area contributed by atoms with Gasteiger partial charge in [-0.1, -0.05) is 48.5 Å². The third kappa shape index (κ3) is 4.36. The Morgan fingerprint density at radius 3 is 2.39 bits per heavy atom. The maximum absolute atomic E-state index is 13.6. The van der Waals surface area contributed by atoms with Crippen LogP contribution < -0.4 is 4.90 Å². The standard InChI is InChI=1S/C28H28FN3O/c1-20-6-2-5-9-27(20)31-14-16-32(17-15-31)28(33)18-24(21-10-12-22(29)13-11-21)25-19-30-26-8-4-3-7-23(25)26/h2-13,19,24,30H,14-18H2,1H3/t24-/m1/s1. The van der Waals surface area contributed by atoms with E-state index in [-0.39, 0.29) is 17.6 Å². The van der Waals surface area contributed by atoms with Crippen LogP contribution in [-0.2, 0) is 4.79 Å². The summed E-state index contributed by atoms with van der Waals surface area (Å²) >= 11 is 0. The van der Waals surface area contributed by atoms with Crippen molar-refractivity contribution in [1.29, 1.82) is 0 Å². The first-order valence-electron chi connectivity index (χ1n) is 11.5. The van der Waals surface area contributed by atoms with Crippen LogP contribution in [0.5, 0.6) is 0 Å². The van der Waals surface area contributed by atoms with Gasteiger partial charge >= 0.3 is 0 Å². The molecule has 33 heavy (non-hydrogen) atoms. The van der Waals surface area contributed by atoms with Crippen molar-refractivity contribution < 1.29 is 9.18 Å². The average Bonchev–Trinajstić information content (AvgIpc) is 3.27. The predicted octanol–water partition coefficient (Wildman–Crippen LogP) is 5.49. The molecule has 1 amide bonds. The first-order chi connectivity index (χ1) is 16.1. The molecule has 0 unspecified atom stereocenters. The van der Waals surface area contributed by atoms with Gasteiger partial charge < -0.3 is 14.8 Å². The first-order valence-corrected chi connectivity index (χ1v) is 11.5. The summed E-state index contributed by atoms with van der Waals surface area (Å²) in [6.45, 7) is 5.19. The molecule has 1 aromatic heterocycles. The van der Waals surface area contributed by atoms with E-state index in [1.807, 2.05) is 29.3 Å². The van der Waals surface area contributed by atoms with Crippen molar-refractivity contribution in [3.8, 4) is 0 Å². The number of amides is 1. The number of hydrogen-bond acceptors (Lipinski definition) is 2. The van der Waals surface area contributed by atoms with Crippen LogP contribution in [0.1, 0.15) is 29.0 Å². The van der Waals surface area contributed by atoms with Gasteiger partial charge in [-0.15, -0.1) is 0 Å². The van der Waals surface area contributed by atoms with E-state index in [0.717, 1.165) is 35.1 Å². The molecule has 0 radical (unpaired) electrons. The van der Waals surface area contributed by atoms with Gasteiger partial charge in [-0.3, -0.25) is 4.79 Å². The fourth-order valence-electron chi connectivity index (χ4n) is 4.90. The van der Waals surface area contributed by atoms with Crippen molar-refractivity contribution in [1.82, 2.24) is 9.88 Å². The van der Waals surface area contributed by atoms with E-state index in [1.54, 1.807) is 12.1 Å². The van der Waals surface area contributed by atoms with E-state index in [1.165, 1.54) is 23.4 Å². The van der Waals surface area contributed by atoms with Crippen LogP contribution in [0, 0.1) is 12.7 Å². The maximum Gasteiger partial charge on any atom is 0.223 e. The molecule has 1 aliphatic rings. The molecule has 2 heterocycles. The summed E-state index contributed by atoms with van der Waals surface area (Å²) in [5, 5.41) is 1.10. The smallest absolute Gasteiger partial charge is 0.223 e. The molecule has 5 rings (SSSR count). The molecule has 1 saturated heterocycles. The zero-order valence-electron chi connectivity index (χ0n) is 18.8. The number of aromatic nitrogens is 1. The lowest BCUT2D eigenvalue weighted by atomic mass is 9.87. The number of rotatable bonds is 5. The number of nitrogens with zero attached hydrogens (tertiary/aromatic N) is 2. The van der Waals surface area contributed by atoms with E-state index < -0.39 is 0 Å². The molecule has 4 nitrogen and oxygen atoms in total. The highest BCUT2D eigenvalue weighted by Crippen LogP contribution is 2.34. The lowest BCUT2D eigenvalue weighted by molar-refractivity contribution is -0.131. The number of carbonyl (C=O) groups is 1. The van der Waals surface area contributed by atoms with Gasteiger partial charge in [0.1, 0.15) is 5.82 Å². The quantitative estimate of drug-likeness (QED) is 0.445. The number of aromatic amines is 1. The van der Waals surface area contributed by atoms with Crippen LogP contribution in [0.2, 0.25) is 0 Å². The van der Waals surface area contributed by atoms with E-state index in [2.05, 4.69) is 47.1 Å². The number of anilines is 1. The number of aryl methyl sites for hydroxylation is 1. The summed E-state index contributed by atoms with van der Waals surface area (Å²) in [6.07, 6.45) is 2.35. The molecule has 1 N–H and O–H groups in total. The fourth-order valence-corrected chi connectivity index (χ4v) is 4.90. The van der Waals surface area contributed by atoms with Crippen LogP contribution in [0.15, 0.2) is 79.0 Å². The highest BCUT2D eigenvalue weighted by molar-refractivity contribution is 5.86. The summed E-state index contributed by atoms with van der Waals surface area (Å²) in [6, 6.07) is 23.0. The molecule has 0 saturated carbocycles. The van der Waals surface area contributed by atoms with E-state index in [0.29, 0.717) is 19.5 Å². The third-order valence-electron chi connectivity index (χ3n) is 6.74. The van der Waals surface area contributed by atoms with Gasteiger partial charge in [0.2, 0.25) is 5.91 Å². The van der Waals surface area contributed by atoms with E-state index >= 15 is 0 Å². The van der Waals surface area contributed by atoms with Crippen molar-refractivity contribution in [2.45, 2.75) is 19.3 Å².